The van der Waals surface area contributed by atoms with Crippen LogP contribution in [0.25, 0.3) is 0 Å². The van der Waals surface area contributed by atoms with Crippen LogP contribution in [0.3, 0.4) is 0 Å². The quantitative estimate of drug-likeness (QED) is 0.685. The van der Waals surface area contributed by atoms with Crippen molar-refractivity contribution in [2.75, 3.05) is 19.7 Å². The Morgan fingerprint density at radius 3 is 2.85 bits per heavy atom. The molecule has 3 aromatic rings. The summed E-state index contributed by atoms with van der Waals surface area (Å²) in [5.74, 6) is 0. The summed E-state index contributed by atoms with van der Waals surface area (Å²) in [6.07, 6.45) is 2.88. The Morgan fingerprint density at radius 2 is 2.04 bits per heavy atom. The summed E-state index contributed by atoms with van der Waals surface area (Å²) >= 11 is 1.77. The van der Waals surface area contributed by atoms with Crippen molar-refractivity contribution in [3.05, 3.63) is 81.6 Å². The van der Waals surface area contributed by atoms with Gasteiger partial charge in [0.1, 0.15) is 6.10 Å². The number of rotatable bonds is 5. The van der Waals surface area contributed by atoms with Crippen LogP contribution in [0.2, 0.25) is 0 Å². The molecule has 1 aliphatic heterocycles. The van der Waals surface area contributed by atoms with Gasteiger partial charge in [0.15, 0.2) is 0 Å². The zero-order valence-corrected chi connectivity index (χ0v) is 15.8. The molecule has 26 heavy (non-hydrogen) atoms. The average Bonchev–Trinajstić information content (AvgIpc) is 3.08. The molecule has 5 heteroatoms. The number of aryl methyl sites for hydroxylation is 1. The maximum atomic E-state index is 6.03. The van der Waals surface area contributed by atoms with Crippen LogP contribution in [0.4, 0.5) is 0 Å². The van der Waals surface area contributed by atoms with Crippen LogP contribution >= 0.6 is 11.3 Å². The van der Waals surface area contributed by atoms with Crippen LogP contribution in [-0.2, 0) is 17.7 Å². The molecule has 1 aromatic carbocycles. The Kier molecular flexibility index (Phi) is 5.39. The lowest BCUT2D eigenvalue weighted by Gasteiger charge is -2.32. The molecular weight excluding hydrogens is 342 g/mol. The molecule has 1 aliphatic rings. The Labute approximate surface area is 158 Å². The molecule has 4 nitrogen and oxygen atoms in total. The minimum atomic E-state index is 0.0356. The lowest BCUT2D eigenvalue weighted by atomic mass is 10.1. The third kappa shape index (κ3) is 4.36. The van der Waals surface area contributed by atoms with Crippen molar-refractivity contribution < 1.29 is 4.74 Å². The van der Waals surface area contributed by atoms with Crippen molar-refractivity contribution in [2.24, 2.45) is 0 Å². The molecule has 2 aromatic heterocycles. The highest BCUT2D eigenvalue weighted by Crippen LogP contribution is 2.24. The van der Waals surface area contributed by atoms with E-state index in [2.05, 4.69) is 59.3 Å². The standard InChI is InChI=1S/C21H23N3OS/c1-16-22-13-19(26-16)14-24-10-11-25-21(15-24)20-9-5-8-18(23-20)12-17-6-3-2-4-7-17/h2-9,13,21H,10-12,14-15H2,1H3/t21-/m1/s1. The predicted octanol–water partition coefficient (Wildman–Crippen LogP) is 4.01. The van der Waals surface area contributed by atoms with Gasteiger partial charge < -0.3 is 4.74 Å². The minimum absolute atomic E-state index is 0.0356. The van der Waals surface area contributed by atoms with Gasteiger partial charge in [0.2, 0.25) is 0 Å². The number of pyridine rings is 1. The number of hydrogen-bond donors (Lipinski definition) is 0. The summed E-state index contributed by atoms with van der Waals surface area (Å²) in [5, 5.41) is 1.13. The van der Waals surface area contributed by atoms with E-state index in [0.717, 1.165) is 49.1 Å². The number of benzene rings is 1. The zero-order chi connectivity index (χ0) is 17.8. The number of ether oxygens (including phenoxy) is 1. The second-order valence-corrected chi connectivity index (χ2v) is 7.98. The Balaban J connectivity index is 1.44. The molecule has 3 heterocycles. The summed E-state index contributed by atoms with van der Waals surface area (Å²) in [7, 11) is 0. The zero-order valence-electron chi connectivity index (χ0n) is 15.0. The third-order valence-electron chi connectivity index (χ3n) is 4.59. The first-order chi connectivity index (χ1) is 12.8. The Bertz CT molecular complexity index is 849. The molecular formula is C21H23N3OS. The van der Waals surface area contributed by atoms with Crippen LogP contribution in [0.1, 0.15) is 32.9 Å². The van der Waals surface area contributed by atoms with Crippen LogP contribution in [-0.4, -0.2) is 34.6 Å². The molecule has 0 radical (unpaired) electrons. The molecule has 0 unspecified atom stereocenters. The minimum Gasteiger partial charge on any atom is -0.369 e. The normalized spacial score (nSPS) is 18.1. The van der Waals surface area contributed by atoms with Crippen molar-refractivity contribution in [3.63, 3.8) is 0 Å². The van der Waals surface area contributed by atoms with E-state index >= 15 is 0 Å². The number of hydrogen-bond acceptors (Lipinski definition) is 5. The molecule has 134 valence electrons. The first-order valence-corrected chi connectivity index (χ1v) is 9.83. The second kappa shape index (κ2) is 8.08. The molecule has 0 saturated carbocycles. The van der Waals surface area contributed by atoms with Crippen LogP contribution in [0, 0.1) is 6.92 Å². The van der Waals surface area contributed by atoms with Gasteiger partial charge in [-0.05, 0) is 24.6 Å². The summed E-state index contributed by atoms with van der Waals surface area (Å²) in [5.41, 5.74) is 3.40. The van der Waals surface area contributed by atoms with Crippen molar-refractivity contribution in [3.8, 4) is 0 Å². The van der Waals surface area contributed by atoms with Gasteiger partial charge in [-0.2, -0.15) is 0 Å². The van der Waals surface area contributed by atoms with E-state index < -0.39 is 0 Å². The number of nitrogens with zero attached hydrogens (tertiary/aromatic N) is 3. The topological polar surface area (TPSA) is 38.2 Å². The van der Waals surface area contributed by atoms with Crippen LogP contribution in [0.5, 0.6) is 0 Å². The number of thiazole rings is 1. The van der Waals surface area contributed by atoms with Gasteiger partial charge in [-0.15, -0.1) is 11.3 Å². The maximum absolute atomic E-state index is 6.03. The summed E-state index contributed by atoms with van der Waals surface area (Å²) < 4.78 is 6.03. The lowest BCUT2D eigenvalue weighted by Crippen LogP contribution is -2.38. The van der Waals surface area contributed by atoms with Crippen LogP contribution < -0.4 is 0 Å². The average molecular weight is 366 g/mol. The van der Waals surface area contributed by atoms with Crippen molar-refractivity contribution >= 4 is 11.3 Å². The first-order valence-electron chi connectivity index (χ1n) is 9.01. The fraction of sp³-hybridized carbons (Fsp3) is 0.333. The maximum Gasteiger partial charge on any atom is 0.112 e. The van der Waals surface area contributed by atoms with E-state index in [0.29, 0.717) is 0 Å². The first kappa shape index (κ1) is 17.3. The molecule has 4 rings (SSSR count). The molecule has 0 spiro atoms. The smallest absolute Gasteiger partial charge is 0.112 e. The van der Waals surface area contributed by atoms with E-state index in [1.165, 1.54) is 10.4 Å². The molecule has 0 aliphatic carbocycles. The van der Waals surface area contributed by atoms with E-state index in [9.17, 15) is 0 Å². The summed E-state index contributed by atoms with van der Waals surface area (Å²) in [6.45, 7) is 5.57. The Hall–Kier alpha value is -2.08. The largest absolute Gasteiger partial charge is 0.369 e. The van der Waals surface area contributed by atoms with Gasteiger partial charge in [-0.3, -0.25) is 9.88 Å². The SMILES string of the molecule is Cc1ncc(CN2CCO[C@@H](c3cccc(Cc4ccccc4)n3)C2)s1. The fourth-order valence-corrected chi connectivity index (χ4v) is 4.14. The van der Waals surface area contributed by atoms with Gasteiger partial charge in [0, 0.05) is 42.8 Å². The highest BCUT2D eigenvalue weighted by atomic mass is 32.1. The van der Waals surface area contributed by atoms with E-state index in [1.807, 2.05) is 12.3 Å². The van der Waals surface area contributed by atoms with Gasteiger partial charge in [0.05, 0.1) is 17.3 Å². The molecule has 0 amide bonds. The van der Waals surface area contributed by atoms with E-state index in [1.54, 1.807) is 11.3 Å². The van der Waals surface area contributed by atoms with Gasteiger partial charge >= 0.3 is 0 Å². The van der Waals surface area contributed by atoms with Crippen LogP contribution in [0.15, 0.2) is 54.7 Å². The lowest BCUT2D eigenvalue weighted by molar-refractivity contribution is -0.0347. The second-order valence-electron chi connectivity index (χ2n) is 6.66. The third-order valence-corrected chi connectivity index (χ3v) is 5.48. The molecule has 0 N–H and O–H groups in total. The highest BCUT2D eigenvalue weighted by molar-refractivity contribution is 7.11. The molecule has 1 atom stereocenters. The van der Waals surface area contributed by atoms with E-state index in [4.69, 9.17) is 9.72 Å². The van der Waals surface area contributed by atoms with Gasteiger partial charge in [-0.1, -0.05) is 36.4 Å². The monoisotopic (exact) mass is 365 g/mol. The number of morpholine rings is 1. The van der Waals surface area contributed by atoms with Crippen molar-refractivity contribution in [2.45, 2.75) is 26.0 Å². The van der Waals surface area contributed by atoms with Gasteiger partial charge in [0.25, 0.3) is 0 Å². The summed E-state index contributed by atoms with van der Waals surface area (Å²) in [4.78, 5) is 13.0. The molecule has 1 fully saturated rings. The van der Waals surface area contributed by atoms with Crippen molar-refractivity contribution in [1.29, 1.82) is 0 Å². The van der Waals surface area contributed by atoms with Crippen molar-refractivity contribution in [1.82, 2.24) is 14.9 Å². The number of aromatic nitrogens is 2. The van der Waals surface area contributed by atoms with E-state index in [-0.39, 0.29) is 6.10 Å². The van der Waals surface area contributed by atoms with Gasteiger partial charge in [-0.25, -0.2) is 4.98 Å². The fourth-order valence-electron chi connectivity index (χ4n) is 3.30. The molecule has 0 bridgehead atoms. The predicted molar refractivity (Wildman–Crippen MR) is 104 cm³/mol. The Morgan fingerprint density at radius 1 is 1.15 bits per heavy atom. The molecule has 1 saturated heterocycles. The summed E-state index contributed by atoms with van der Waals surface area (Å²) in [6, 6.07) is 16.7. The highest BCUT2D eigenvalue weighted by Gasteiger charge is 2.23.